The van der Waals surface area contributed by atoms with Gasteiger partial charge in [0.1, 0.15) is 5.75 Å². The highest BCUT2D eigenvalue weighted by Gasteiger charge is 2.04. The summed E-state index contributed by atoms with van der Waals surface area (Å²) in [5.41, 5.74) is 1.93. The van der Waals surface area contributed by atoms with Crippen LogP contribution in [0.4, 0.5) is 0 Å². The number of esters is 1. The Balaban J connectivity index is 2.09. The highest BCUT2D eigenvalue weighted by atomic mass is 16.5. The number of rotatable bonds is 10. The Morgan fingerprint density at radius 1 is 1.14 bits per heavy atom. The molecule has 0 aliphatic carbocycles. The number of benzene rings is 1. The molecule has 3 heteroatoms. The van der Waals surface area contributed by atoms with Crippen LogP contribution in [-0.4, -0.2) is 17.7 Å². The van der Waals surface area contributed by atoms with Crippen molar-refractivity contribution in [2.75, 3.05) is 6.61 Å². The Morgan fingerprint density at radius 3 is 2.57 bits per heavy atom. The van der Waals surface area contributed by atoms with E-state index in [1.165, 1.54) is 25.7 Å². The van der Waals surface area contributed by atoms with Gasteiger partial charge in [0, 0.05) is 12.8 Å². The summed E-state index contributed by atoms with van der Waals surface area (Å²) in [5, 5.41) is 9.45. The third kappa shape index (κ3) is 7.74. The van der Waals surface area contributed by atoms with Crippen LogP contribution in [-0.2, 0) is 16.0 Å². The van der Waals surface area contributed by atoms with Crippen molar-refractivity contribution in [1.82, 2.24) is 0 Å². The van der Waals surface area contributed by atoms with E-state index in [-0.39, 0.29) is 5.97 Å². The molecule has 0 unspecified atom stereocenters. The van der Waals surface area contributed by atoms with Gasteiger partial charge in [-0.25, -0.2) is 0 Å². The Hall–Kier alpha value is -1.51. The summed E-state index contributed by atoms with van der Waals surface area (Å²) in [7, 11) is 0. The smallest absolute Gasteiger partial charge is 0.305 e. The van der Waals surface area contributed by atoms with E-state index in [0.29, 0.717) is 25.2 Å². The molecule has 0 aliphatic heterocycles. The number of aromatic hydroxyl groups is 1. The zero-order chi connectivity index (χ0) is 15.5. The first-order valence-corrected chi connectivity index (χ1v) is 8.07. The number of carbonyl (C=O) groups is 1. The van der Waals surface area contributed by atoms with Gasteiger partial charge in [0.25, 0.3) is 0 Å². The second kappa shape index (κ2) is 10.3. The van der Waals surface area contributed by atoms with Crippen LogP contribution in [0.2, 0.25) is 0 Å². The molecule has 118 valence electrons. The molecule has 0 radical (unpaired) electrons. The van der Waals surface area contributed by atoms with Crippen molar-refractivity contribution in [3.05, 3.63) is 29.3 Å². The maximum Gasteiger partial charge on any atom is 0.305 e. The van der Waals surface area contributed by atoms with Gasteiger partial charge in [0.2, 0.25) is 0 Å². The van der Waals surface area contributed by atoms with Gasteiger partial charge < -0.3 is 9.84 Å². The molecule has 1 aromatic rings. The molecule has 1 rings (SSSR count). The highest BCUT2D eigenvalue weighted by molar-refractivity contribution is 5.69. The van der Waals surface area contributed by atoms with Crippen LogP contribution < -0.4 is 0 Å². The minimum absolute atomic E-state index is 0.0963. The normalized spacial score (nSPS) is 10.6. The van der Waals surface area contributed by atoms with Crippen LogP contribution in [0.3, 0.4) is 0 Å². The van der Waals surface area contributed by atoms with Crippen molar-refractivity contribution in [2.24, 2.45) is 0 Å². The van der Waals surface area contributed by atoms with E-state index in [2.05, 4.69) is 6.92 Å². The van der Waals surface area contributed by atoms with E-state index in [1.807, 2.05) is 19.1 Å². The first-order valence-electron chi connectivity index (χ1n) is 8.07. The fourth-order valence-electron chi connectivity index (χ4n) is 2.28. The van der Waals surface area contributed by atoms with Crippen molar-refractivity contribution < 1.29 is 14.6 Å². The zero-order valence-corrected chi connectivity index (χ0v) is 13.4. The molecule has 0 saturated carbocycles. The molecule has 0 aliphatic rings. The quantitative estimate of drug-likeness (QED) is 0.509. The van der Waals surface area contributed by atoms with Crippen LogP contribution in [0, 0.1) is 6.92 Å². The number of ether oxygens (including phenoxy) is 1. The van der Waals surface area contributed by atoms with Crippen LogP contribution in [0.1, 0.15) is 63.0 Å². The maximum absolute atomic E-state index is 11.6. The molecule has 21 heavy (non-hydrogen) atoms. The second-order valence-electron chi connectivity index (χ2n) is 5.61. The average Bonchev–Trinajstić information content (AvgIpc) is 2.46. The van der Waals surface area contributed by atoms with E-state index in [0.717, 1.165) is 24.0 Å². The molecule has 0 heterocycles. The Bertz CT molecular complexity index is 426. The molecule has 1 aromatic carbocycles. The summed E-state index contributed by atoms with van der Waals surface area (Å²) >= 11 is 0. The number of phenolic OH excluding ortho intramolecular Hbond substituents is 1. The predicted octanol–water partition coefficient (Wildman–Crippen LogP) is 4.54. The molecule has 1 N–H and O–H groups in total. The lowest BCUT2D eigenvalue weighted by atomic mass is 10.1. The van der Waals surface area contributed by atoms with Crippen LogP contribution in [0.25, 0.3) is 0 Å². The predicted molar refractivity (Wildman–Crippen MR) is 85.5 cm³/mol. The minimum Gasteiger partial charge on any atom is -0.508 e. The number of unbranched alkanes of at least 4 members (excludes halogenated alkanes) is 5. The van der Waals surface area contributed by atoms with E-state index in [4.69, 9.17) is 4.74 Å². The van der Waals surface area contributed by atoms with Gasteiger partial charge in [-0.05, 0) is 30.5 Å². The Kier molecular flexibility index (Phi) is 8.56. The summed E-state index contributed by atoms with van der Waals surface area (Å²) < 4.78 is 5.24. The molecule has 0 fully saturated rings. The van der Waals surface area contributed by atoms with E-state index in [9.17, 15) is 9.90 Å². The topological polar surface area (TPSA) is 46.5 Å². The SMILES string of the molecule is CCCCCCCCC(=O)OCCc1ccc(O)c(C)c1. The van der Waals surface area contributed by atoms with Gasteiger partial charge in [-0.2, -0.15) is 0 Å². The monoisotopic (exact) mass is 292 g/mol. The van der Waals surface area contributed by atoms with Crippen molar-refractivity contribution >= 4 is 5.97 Å². The van der Waals surface area contributed by atoms with Crippen LogP contribution in [0.5, 0.6) is 5.75 Å². The van der Waals surface area contributed by atoms with E-state index < -0.39 is 0 Å². The molecule has 0 amide bonds. The summed E-state index contributed by atoms with van der Waals surface area (Å²) in [6.07, 6.45) is 8.30. The third-order valence-electron chi connectivity index (χ3n) is 3.65. The first-order chi connectivity index (χ1) is 10.1. The van der Waals surface area contributed by atoms with Crippen LogP contribution in [0.15, 0.2) is 18.2 Å². The molecule has 0 aromatic heterocycles. The second-order valence-corrected chi connectivity index (χ2v) is 5.61. The molecule has 0 saturated heterocycles. The number of hydrogen-bond acceptors (Lipinski definition) is 3. The largest absolute Gasteiger partial charge is 0.508 e. The van der Waals surface area contributed by atoms with Crippen molar-refractivity contribution in [3.63, 3.8) is 0 Å². The van der Waals surface area contributed by atoms with Gasteiger partial charge in [-0.1, -0.05) is 51.2 Å². The van der Waals surface area contributed by atoms with Gasteiger partial charge in [-0.3, -0.25) is 4.79 Å². The van der Waals surface area contributed by atoms with Gasteiger partial charge >= 0.3 is 5.97 Å². The fourth-order valence-corrected chi connectivity index (χ4v) is 2.28. The zero-order valence-electron chi connectivity index (χ0n) is 13.4. The highest BCUT2D eigenvalue weighted by Crippen LogP contribution is 2.17. The molecular formula is C18H28O3. The molecule has 0 spiro atoms. The number of carbonyl (C=O) groups excluding carboxylic acids is 1. The van der Waals surface area contributed by atoms with E-state index >= 15 is 0 Å². The molecular weight excluding hydrogens is 264 g/mol. The van der Waals surface area contributed by atoms with Crippen molar-refractivity contribution in [3.8, 4) is 5.75 Å². The summed E-state index contributed by atoms with van der Waals surface area (Å²) in [4.78, 5) is 11.6. The fraction of sp³-hybridized carbons (Fsp3) is 0.611. The van der Waals surface area contributed by atoms with Crippen molar-refractivity contribution in [1.29, 1.82) is 0 Å². The summed E-state index contributed by atoms with van der Waals surface area (Å²) in [6, 6.07) is 5.48. The maximum atomic E-state index is 11.6. The lowest BCUT2D eigenvalue weighted by molar-refractivity contribution is -0.143. The average molecular weight is 292 g/mol. The number of hydrogen-bond donors (Lipinski definition) is 1. The molecule has 3 nitrogen and oxygen atoms in total. The molecule has 0 bridgehead atoms. The summed E-state index contributed by atoms with van der Waals surface area (Å²) in [6.45, 7) is 4.48. The van der Waals surface area contributed by atoms with E-state index in [1.54, 1.807) is 6.07 Å². The van der Waals surface area contributed by atoms with Crippen LogP contribution >= 0.6 is 0 Å². The Labute approximate surface area is 128 Å². The minimum atomic E-state index is -0.0963. The molecule has 0 atom stereocenters. The van der Waals surface area contributed by atoms with Gasteiger partial charge in [0.05, 0.1) is 6.61 Å². The summed E-state index contributed by atoms with van der Waals surface area (Å²) in [5.74, 6) is 0.208. The lowest BCUT2D eigenvalue weighted by Gasteiger charge is -2.06. The number of phenols is 1. The van der Waals surface area contributed by atoms with Gasteiger partial charge in [0.15, 0.2) is 0 Å². The third-order valence-corrected chi connectivity index (χ3v) is 3.65. The lowest BCUT2D eigenvalue weighted by Crippen LogP contribution is -2.07. The standard InChI is InChI=1S/C18H28O3/c1-3-4-5-6-7-8-9-18(20)21-13-12-16-10-11-17(19)15(2)14-16/h10-11,14,19H,3-9,12-13H2,1-2H3. The first kappa shape index (κ1) is 17.5. The Morgan fingerprint density at radius 2 is 1.86 bits per heavy atom. The van der Waals surface area contributed by atoms with Gasteiger partial charge in [-0.15, -0.1) is 0 Å². The van der Waals surface area contributed by atoms with Crippen molar-refractivity contribution in [2.45, 2.75) is 65.2 Å². The number of aryl methyl sites for hydroxylation is 1.